The van der Waals surface area contributed by atoms with Crippen molar-refractivity contribution < 1.29 is 0 Å². The second kappa shape index (κ2) is 6.11. The second-order valence-electron chi connectivity index (χ2n) is 4.48. The van der Waals surface area contributed by atoms with Crippen molar-refractivity contribution >= 4 is 15.9 Å². The number of nitrogens with one attached hydrogen (secondary N) is 1. The third-order valence-corrected chi connectivity index (χ3v) is 3.69. The molecule has 1 heterocycles. The zero-order chi connectivity index (χ0) is 13.0. The minimum atomic E-state index is 0.357. The van der Waals surface area contributed by atoms with Crippen LogP contribution in [-0.4, -0.2) is 20.8 Å². The lowest BCUT2D eigenvalue weighted by molar-refractivity contribution is 0.450. The fourth-order valence-corrected chi connectivity index (χ4v) is 2.03. The van der Waals surface area contributed by atoms with Crippen molar-refractivity contribution in [3.8, 4) is 0 Å². The molecule has 0 saturated heterocycles. The molecular weight excluding hydrogens is 292 g/mol. The minimum absolute atomic E-state index is 0.357. The SMILES string of the molecule is Cc1cc(CNC(C)Cn2cncn2)ccc1Br. The molecule has 0 bridgehead atoms. The summed E-state index contributed by atoms with van der Waals surface area (Å²) < 4.78 is 2.99. The van der Waals surface area contributed by atoms with Gasteiger partial charge in [0.05, 0.1) is 6.54 Å². The fraction of sp³-hybridized carbons (Fsp3) is 0.385. The summed E-state index contributed by atoms with van der Waals surface area (Å²) in [6.45, 7) is 5.94. The summed E-state index contributed by atoms with van der Waals surface area (Å²) in [5, 5.41) is 7.58. The van der Waals surface area contributed by atoms with Crippen molar-refractivity contribution in [2.75, 3.05) is 0 Å². The van der Waals surface area contributed by atoms with Crippen LogP contribution in [0.2, 0.25) is 0 Å². The van der Waals surface area contributed by atoms with E-state index < -0.39 is 0 Å². The molecule has 0 saturated carbocycles. The Morgan fingerprint density at radius 1 is 1.44 bits per heavy atom. The van der Waals surface area contributed by atoms with Gasteiger partial charge in [-0.3, -0.25) is 4.68 Å². The van der Waals surface area contributed by atoms with E-state index in [-0.39, 0.29) is 0 Å². The van der Waals surface area contributed by atoms with E-state index in [1.807, 2.05) is 4.68 Å². The molecule has 1 aromatic carbocycles. The number of hydrogen-bond donors (Lipinski definition) is 1. The molecule has 1 aromatic heterocycles. The van der Waals surface area contributed by atoms with Gasteiger partial charge in [0.15, 0.2) is 0 Å². The molecule has 96 valence electrons. The van der Waals surface area contributed by atoms with Crippen LogP contribution in [0.25, 0.3) is 0 Å². The van der Waals surface area contributed by atoms with Gasteiger partial charge in [-0.25, -0.2) is 4.98 Å². The predicted octanol–water partition coefficient (Wildman–Crippen LogP) is 2.53. The van der Waals surface area contributed by atoms with Gasteiger partial charge >= 0.3 is 0 Å². The van der Waals surface area contributed by atoms with Crippen LogP contribution in [-0.2, 0) is 13.1 Å². The highest BCUT2D eigenvalue weighted by atomic mass is 79.9. The van der Waals surface area contributed by atoms with Gasteiger partial charge in [0.2, 0.25) is 0 Å². The lowest BCUT2D eigenvalue weighted by Gasteiger charge is -2.14. The van der Waals surface area contributed by atoms with Gasteiger partial charge in [0.1, 0.15) is 12.7 Å². The molecule has 0 spiro atoms. The number of aromatic nitrogens is 3. The molecule has 1 N–H and O–H groups in total. The van der Waals surface area contributed by atoms with Crippen LogP contribution in [0.15, 0.2) is 35.3 Å². The Kier molecular flexibility index (Phi) is 4.49. The average Bonchev–Trinajstić information content (AvgIpc) is 2.83. The molecule has 1 unspecified atom stereocenters. The van der Waals surface area contributed by atoms with Crippen molar-refractivity contribution in [3.63, 3.8) is 0 Å². The van der Waals surface area contributed by atoms with Gasteiger partial charge in [0.25, 0.3) is 0 Å². The fourth-order valence-electron chi connectivity index (χ4n) is 1.78. The largest absolute Gasteiger partial charge is 0.308 e. The maximum absolute atomic E-state index is 4.10. The Hall–Kier alpha value is -1.20. The molecule has 0 aliphatic heterocycles. The molecule has 0 aliphatic carbocycles. The summed E-state index contributed by atoms with van der Waals surface area (Å²) in [5.74, 6) is 0. The summed E-state index contributed by atoms with van der Waals surface area (Å²) in [6.07, 6.45) is 3.30. The zero-order valence-corrected chi connectivity index (χ0v) is 12.2. The van der Waals surface area contributed by atoms with E-state index in [1.54, 1.807) is 12.7 Å². The smallest absolute Gasteiger partial charge is 0.137 e. The summed E-state index contributed by atoms with van der Waals surface area (Å²) in [7, 11) is 0. The molecule has 0 aliphatic rings. The highest BCUT2D eigenvalue weighted by molar-refractivity contribution is 9.10. The molecule has 0 fully saturated rings. The highest BCUT2D eigenvalue weighted by Gasteiger charge is 2.04. The van der Waals surface area contributed by atoms with Gasteiger partial charge in [0, 0.05) is 17.1 Å². The first-order valence-corrected chi connectivity index (χ1v) is 6.75. The van der Waals surface area contributed by atoms with Crippen LogP contribution in [0.5, 0.6) is 0 Å². The maximum Gasteiger partial charge on any atom is 0.137 e. The van der Waals surface area contributed by atoms with Crippen molar-refractivity contribution in [1.82, 2.24) is 20.1 Å². The summed E-state index contributed by atoms with van der Waals surface area (Å²) >= 11 is 3.51. The first-order valence-electron chi connectivity index (χ1n) is 5.96. The molecule has 1 atom stereocenters. The third kappa shape index (κ3) is 3.65. The lowest BCUT2D eigenvalue weighted by atomic mass is 10.1. The summed E-state index contributed by atoms with van der Waals surface area (Å²) in [6, 6.07) is 6.77. The van der Waals surface area contributed by atoms with Crippen molar-refractivity contribution in [2.24, 2.45) is 0 Å². The van der Waals surface area contributed by atoms with E-state index in [2.05, 4.69) is 63.4 Å². The predicted molar refractivity (Wildman–Crippen MR) is 75.2 cm³/mol. The second-order valence-corrected chi connectivity index (χ2v) is 5.34. The van der Waals surface area contributed by atoms with E-state index in [9.17, 15) is 0 Å². The van der Waals surface area contributed by atoms with Crippen LogP contribution in [0.1, 0.15) is 18.1 Å². The first kappa shape index (κ1) is 13.2. The Balaban J connectivity index is 1.85. The van der Waals surface area contributed by atoms with E-state index in [0.717, 1.165) is 17.6 Å². The molecule has 5 heteroatoms. The van der Waals surface area contributed by atoms with Crippen LogP contribution >= 0.6 is 15.9 Å². The number of halogens is 1. The van der Waals surface area contributed by atoms with Gasteiger partial charge < -0.3 is 5.32 Å². The number of hydrogen-bond acceptors (Lipinski definition) is 3. The molecular formula is C13H17BrN4. The first-order chi connectivity index (χ1) is 8.65. The Morgan fingerprint density at radius 2 is 2.28 bits per heavy atom. The number of aryl methyl sites for hydroxylation is 1. The van der Waals surface area contributed by atoms with Crippen LogP contribution in [0.4, 0.5) is 0 Å². The van der Waals surface area contributed by atoms with Crippen molar-refractivity contribution in [3.05, 3.63) is 46.5 Å². The van der Waals surface area contributed by atoms with Crippen LogP contribution < -0.4 is 5.32 Å². The van der Waals surface area contributed by atoms with E-state index in [1.165, 1.54) is 11.1 Å². The van der Waals surface area contributed by atoms with Gasteiger partial charge in [-0.15, -0.1) is 0 Å². The maximum atomic E-state index is 4.10. The standard InChI is InChI=1S/C13H17BrN4/c1-10-5-12(3-4-13(10)14)6-16-11(2)7-18-9-15-8-17-18/h3-5,8-9,11,16H,6-7H2,1-2H3. The Labute approximate surface area is 116 Å². The number of benzene rings is 1. The average molecular weight is 309 g/mol. The van der Waals surface area contributed by atoms with Gasteiger partial charge in [-0.05, 0) is 31.0 Å². The molecule has 0 radical (unpaired) electrons. The Morgan fingerprint density at radius 3 is 2.94 bits per heavy atom. The highest BCUT2D eigenvalue weighted by Crippen LogP contribution is 2.16. The topological polar surface area (TPSA) is 42.7 Å². The van der Waals surface area contributed by atoms with Crippen LogP contribution in [0.3, 0.4) is 0 Å². The third-order valence-electron chi connectivity index (χ3n) is 2.80. The number of rotatable bonds is 5. The minimum Gasteiger partial charge on any atom is -0.308 e. The molecule has 2 rings (SSSR count). The van der Waals surface area contributed by atoms with Gasteiger partial charge in [-0.2, -0.15) is 5.10 Å². The quantitative estimate of drug-likeness (QED) is 0.923. The monoisotopic (exact) mass is 308 g/mol. The number of nitrogens with zero attached hydrogens (tertiary/aromatic N) is 3. The molecule has 2 aromatic rings. The summed E-state index contributed by atoms with van der Waals surface area (Å²) in [5.41, 5.74) is 2.55. The summed E-state index contributed by atoms with van der Waals surface area (Å²) in [4.78, 5) is 3.93. The zero-order valence-electron chi connectivity index (χ0n) is 10.6. The van der Waals surface area contributed by atoms with E-state index in [4.69, 9.17) is 0 Å². The molecule has 18 heavy (non-hydrogen) atoms. The normalized spacial score (nSPS) is 12.6. The lowest BCUT2D eigenvalue weighted by Crippen LogP contribution is -2.30. The van der Waals surface area contributed by atoms with Crippen molar-refractivity contribution in [2.45, 2.75) is 33.0 Å². The van der Waals surface area contributed by atoms with Gasteiger partial charge in [-0.1, -0.05) is 28.1 Å². The molecule has 4 nitrogen and oxygen atoms in total. The Bertz CT molecular complexity index is 496. The van der Waals surface area contributed by atoms with Crippen molar-refractivity contribution in [1.29, 1.82) is 0 Å². The van der Waals surface area contributed by atoms with E-state index >= 15 is 0 Å². The van der Waals surface area contributed by atoms with E-state index in [0.29, 0.717) is 6.04 Å². The molecule has 0 amide bonds. The van der Waals surface area contributed by atoms with Crippen LogP contribution in [0, 0.1) is 6.92 Å².